The van der Waals surface area contributed by atoms with Gasteiger partial charge in [-0.3, -0.25) is 9.59 Å². The molecule has 2 N–H and O–H groups in total. The number of nitrogens with zero attached hydrogens (tertiary/aromatic N) is 1. The largest absolute Gasteiger partial charge is 0.348 e. The van der Waals surface area contributed by atoms with Gasteiger partial charge in [-0.2, -0.15) is 5.10 Å². The maximum atomic E-state index is 11.1. The Bertz CT molecular complexity index is 412. The number of hydrazone groups is 1. The first-order chi connectivity index (χ1) is 7.63. The molecule has 0 unspecified atom stereocenters. The van der Waals surface area contributed by atoms with Gasteiger partial charge in [0, 0.05) is 16.3 Å². The molecule has 1 aromatic heterocycles. The molecule has 2 amide bonds. The van der Waals surface area contributed by atoms with E-state index in [-0.39, 0.29) is 0 Å². The molecule has 1 aromatic rings. The summed E-state index contributed by atoms with van der Waals surface area (Å²) in [5.41, 5.74) is 2.15. The van der Waals surface area contributed by atoms with E-state index in [1.54, 1.807) is 18.3 Å². The minimum Gasteiger partial charge on any atom is -0.348 e. The second-order valence-corrected chi connectivity index (χ2v) is 4.33. The van der Waals surface area contributed by atoms with Crippen molar-refractivity contribution in [2.75, 3.05) is 6.54 Å². The normalized spacial score (nSPS) is 10.4. The minimum atomic E-state index is -0.758. The highest BCUT2D eigenvalue weighted by molar-refractivity contribution is 7.13. The molecule has 0 bridgehead atoms. The topological polar surface area (TPSA) is 70.6 Å². The molecule has 0 saturated heterocycles. The second-order valence-electron chi connectivity index (χ2n) is 3.01. The Morgan fingerprint density at radius 1 is 1.44 bits per heavy atom. The fourth-order valence-electron chi connectivity index (χ4n) is 0.969. The van der Waals surface area contributed by atoms with Crippen LogP contribution in [0.25, 0.3) is 0 Å². The summed E-state index contributed by atoms with van der Waals surface area (Å²) in [7, 11) is 0. The smallest absolute Gasteiger partial charge is 0.329 e. The van der Waals surface area contributed by atoms with Gasteiger partial charge < -0.3 is 5.32 Å². The summed E-state index contributed by atoms with van der Waals surface area (Å²) in [5, 5.41) is 6.06. The van der Waals surface area contributed by atoms with E-state index in [4.69, 9.17) is 0 Å². The van der Waals surface area contributed by atoms with Crippen molar-refractivity contribution >= 4 is 29.4 Å². The Morgan fingerprint density at radius 3 is 2.75 bits per heavy atom. The fourth-order valence-corrected chi connectivity index (χ4v) is 1.72. The Hall–Kier alpha value is -1.69. The van der Waals surface area contributed by atoms with Crippen molar-refractivity contribution in [3.63, 3.8) is 0 Å². The number of carbonyl (C=O) groups is 2. The van der Waals surface area contributed by atoms with E-state index in [9.17, 15) is 9.59 Å². The molecule has 5 nitrogen and oxygen atoms in total. The zero-order chi connectivity index (χ0) is 12.0. The molecule has 16 heavy (non-hydrogen) atoms. The van der Waals surface area contributed by atoms with Crippen LogP contribution in [0.5, 0.6) is 0 Å². The number of thiophene rings is 1. The molecule has 0 saturated carbocycles. The first kappa shape index (κ1) is 12.4. The van der Waals surface area contributed by atoms with Gasteiger partial charge in [0.25, 0.3) is 0 Å². The lowest BCUT2D eigenvalue weighted by molar-refractivity contribution is -0.139. The summed E-state index contributed by atoms with van der Waals surface area (Å²) in [6.07, 6.45) is 1.51. The van der Waals surface area contributed by atoms with E-state index in [0.29, 0.717) is 6.54 Å². The number of amides is 2. The number of aryl methyl sites for hydroxylation is 1. The Labute approximate surface area is 97.5 Å². The van der Waals surface area contributed by atoms with Gasteiger partial charge in [0.15, 0.2) is 0 Å². The predicted octanol–water partition coefficient (Wildman–Crippen LogP) is 0.643. The molecule has 0 atom stereocenters. The van der Waals surface area contributed by atoms with E-state index in [1.165, 1.54) is 6.21 Å². The maximum Gasteiger partial charge on any atom is 0.329 e. The summed E-state index contributed by atoms with van der Waals surface area (Å²) in [6, 6.07) is 3.85. The lowest BCUT2D eigenvalue weighted by Gasteiger charge is -1.98. The standard InChI is InChI=1S/C10H13N3O2S/c1-3-11-9(14)10(15)13-12-6-8-5-4-7(2)16-8/h4-6H,3H2,1-2H3,(H,11,14)(H,13,15)/b12-6-. The average Bonchev–Trinajstić information content (AvgIpc) is 2.64. The van der Waals surface area contributed by atoms with Gasteiger partial charge >= 0.3 is 11.8 Å². The van der Waals surface area contributed by atoms with Crippen LogP contribution < -0.4 is 10.7 Å². The van der Waals surface area contributed by atoms with Crippen LogP contribution in [0.1, 0.15) is 16.7 Å². The zero-order valence-electron chi connectivity index (χ0n) is 9.11. The molecule has 1 rings (SSSR count). The summed E-state index contributed by atoms with van der Waals surface area (Å²) in [6.45, 7) is 4.14. The summed E-state index contributed by atoms with van der Waals surface area (Å²) in [4.78, 5) is 24.2. The molecule has 0 aliphatic carbocycles. The predicted molar refractivity (Wildman–Crippen MR) is 63.5 cm³/mol. The van der Waals surface area contributed by atoms with E-state index in [2.05, 4.69) is 15.8 Å². The molecule has 0 aromatic carbocycles. The van der Waals surface area contributed by atoms with Crippen LogP contribution in [-0.2, 0) is 9.59 Å². The number of hydrogen-bond donors (Lipinski definition) is 2. The summed E-state index contributed by atoms with van der Waals surface area (Å²) in [5.74, 6) is -1.44. The van der Waals surface area contributed by atoms with Crippen molar-refractivity contribution < 1.29 is 9.59 Å². The van der Waals surface area contributed by atoms with Crippen molar-refractivity contribution in [2.24, 2.45) is 5.10 Å². The van der Waals surface area contributed by atoms with Gasteiger partial charge in [-0.05, 0) is 26.0 Å². The second kappa shape index (κ2) is 6.02. The molecule has 0 fully saturated rings. The highest BCUT2D eigenvalue weighted by Gasteiger charge is 2.09. The van der Waals surface area contributed by atoms with Gasteiger partial charge in [-0.25, -0.2) is 5.43 Å². The lowest BCUT2D eigenvalue weighted by Crippen LogP contribution is -2.37. The van der Waals surface area contributed by atoms with Crippen molar-refractivity contribution in [2.45, 2.75) is 13.8 Å². The molecular weight excluding hydrogens is 226 g/mol. The molecule has 0 aliphatic heterocycles. The monoisotopic (exact) mass is 239 g/mol. The third-order valence-corrected chi connectivity index (χ3v) is 2.60. The molecule has 6 heteroatoms. The van der Waals surface area contributed by atoms with Crippen LogP contribution >= 0.6 is 11.3 Å². The molecule has 86 valence electrons. The van der Waals surface area contributed by atoms with Crippen molar-refractivity contribution in [3.8, 4) is 0 Å². The van der Waals surface area contributed by atoms with Crippen LogP contribution in [0.2, 0.25) is 0 Å². The van der Waals surface area contributed by atoms with Crippen LogP contribution in [0.15, 0.2) is 17.2 Å². The average molecular weight is 239 g/mol. The van der Waals surface area contributed by atoms with E-state index in [0.717, 1.165) is 9.75 Å². The number of nitrogens with one attached hydrogen (secondary N) is 2. The quantitative estimate of drug-likeness (QED) is 0.462. The van der Waals surface area contributed by atoms with Crippen LogP contribution in [0.4, 0.5) is 0 Å². The molecule has 0 aliphatic rings. The fraction of sp³-hybridized carbons (Fsp3) is 0.300. The van der Waals surface area contributed by atoms with Gasteiger partial charge in [0.05, 0.1) is 6.21 Å². The number of hydrogen-bond acceptors (Lipinski definition) is 4. The van der Waals surface area contributed by atoms with Gasteiger partial charge in [0.2, 0.25) is 0 Å². The first-order valence-electron chi connectivity index (χ1n) is 4.81. The molecule has 0 spiro atoms. The zero-order valence-corrected chi connectivity index (χ0v) is 9.93. The van der Waals surface area contributed by atoms with Crippen LogP contribution in [-0.4, -0.2) is 24.6 Å². The van der Waals surface area contributed by atoms with Crippen molar-refractivity contribution in [1.82, 2.24) is 10.7 Å². The van der Waals surface area contributed by atoms with Crippen LogP contribution in [0.3, 0.4) is 0 Å². The van der Waals surface area contributed by atoms with Gasteiger partial charge in [-0.1, -0.05) is 0 Å². The Balaban J connectivity index is 2.42. The molecular formula is C10H13N3O2S. The SMILES string of the molecule is CCNC(=O)C(=O)N/N=C\c1ccc(C)s1. The van der Waals surface area contributed by atoms with Gasteiger partial charge in [0.1, 0.15) is 0 Å². The highest BCUT2D eigenvalue weighted by atomic mass is 32.1. The first-order valence-corrected chi connectivity index (χ1v) is 5.62. The van der Waals surface area contributed by atoms with E-state index < -0.39 is 11.8 Å². The molecule has 1 heterocycles. The summed E-state index contributed by atoms with van der Waals surface area (Å²) >= 11 is 1.56. The van der Waals surface area contributed by atoms with Crippen molar-refractivity contribution in [1.29, 1.82) is 0 Å². The minimum absolute atomic E-state index is 0.417. The molecule has 0 radical (unpaired) electrons. The Kier molecular flexibility index (Phi) is 4.65. The highest BCUT2D eigenvalue weighted by Crippen LogP contribution is 2.12. The summed E-state index contributed by atoms with van der Waals surface area (Å²) < 4.78 is 0. The third-order valence-electron chi connectivity index (χ3n) is 1.66. The van der Waals surface area contributed by atoms with Crippen molar-refractivity contribution in [3.05, 3.63) is 21.9 Å². The van der Waals surface area contributed by atoms with E-state index >= 15 is 0 Å². The Morgan fingerprint density at radius 2 is 2.19 bits per heavy atom. The van der Waals surface area contributed by atoms with E-state index in [1.807, 2.05) is 19.1 Å². The maximum absolute atomic E-state index is 11.1. The lowest BCUT2D eigenvalue weighted by atomic mass is 10.4. The van der Waals surface area contributed by atoms with Gasteiger partial charge in [-0.15, -0.1) is 11.3 Å². The van der Waals surface area contributed by atoms with Crippen LogP contribution in [0, 0.1) is 6.92 Å². The number of likely N-dealkylation sites (N-methyl/N-ethyl adjacent to an activating group) is 1. The number of rotatable bonds is 3. The number of carbonyl (C=O) groups excluding carboxylic acids is 2. The third kappa shape index (κ3) is 3.82.